The summed E-state index contributed by atoms with van der Waals surface area (Å²) in [6.45, 7) is 6.69. The Labute approximate surface area is 156 Å². The Hall–Kier alpha value is -2.10. The molecule has 2 aromatic rings. The second-order valence-corrected chi connectivity index (χ2v) is 8.24. The van der Waals surface area contributed by atoms with Crippen LogP contribution in [0.15, 0.2) is 36.4 Å². The largest absolute Gasteiger partial charge is 0.352 e. The van der Waals surface area contributed by atoms with Crippen LogP contribution in [0.2, 0.25) is 0 Å². The fourth-order valence-corrected chi connectivity index (χ4v) is 5.13. The van der Waals surface area contributed by atoms with Gasteiger partial charge in [-0.3, -0.25) is 9.48 Å². The van der Waals surface area contributed by atoms with Crippen LogP contribution in [0.1, 0.15) is 49.1 Å². The van der Waals surface area contributed by atoms with Crippen molar-refractivity contribution in [3.8, 4) is 0 Å². The van der Waals surface area contributed by atoms with Gasteiger partial charge in [0, 0.05) is 17.7 Å². The highest BCUT2D eigenvalue weighted by Crippen LogP contribution is 2.55. The molecule has 4 rings (SSSR count). The molecule has 0 aliphatic heterocycles. The van der Waals surface area contributed by atoms with Crippen molar-refractivity contribution in [3.63, 3.8) is 0 Å². The van der Waals surface area contributed by atoms with Crippen molar-refractivity contribution in [3.05, 3.63) is 53.3 Å². The summed E-state index contributed by atoms with van der Waals surface area (Å²) in [5.74, 6) is 1.96. The fraction of sp³-hybridized carbons (Fsp3) is 0.545. The minimum Gasteiger partial charge on any atom is -0.352 e. The van der Waals surface area contributed by atoms with E-state index in [1.807, 2.05) is 25.5 Å². The van der Waals surface area contributed by atoms with Crippen LogP contribution < -0.4 is 5.32 Å². The van der Waals surface area contributed by atoms with Crippen molar-refractivity contribution < 1.29 is 4.79 Å². The first kappa shape index (κ1) is 17.3. The maximum absolute atomic E-state index is 12.9. The molecule has 4 nitrogen and oxygen atoms in total. The van der Waals surface area contributed by atoms with Gasteiger partial charge in [0.2, 0.25) is 5.91 Å². The average Bonchev–Trinajstić information content (AvgIpc) is 3.16. The molecule has 1 aromatic carbocycles. The number of carbonyl (C=O) groups is 1. The van der Waals surface area contributed by atoms with E-state index in [9.17, 15) is 4.79 Å². The Morgan fingerprint density at radius 3 is 2.65 bits per heavy atom. The molecule has 0 radical (unpaired) electrons. The van der Waals surface area contributed by atoms with Gasteiger partial charge in [-0.2, -0.15) is 5.10 Å². The standard InChI is InChI=1S/C22H29N3O/c1-14(13-25-16(3)12-15(2)24-25)22(26)23-21-19-11-7-10-18(19)20(21)17-8-5-4-6-9-17/h4-6,8-9,12,14,18-21H,7,10-11,13H2,1-3H3,(H,23,26)/t14-,18-,19+,20+,21+/m0/s1. The number of aryl methyl sites for hydroxylation is 2. The number of hydrogen-bond donors (Lipinski definition) is 1. The second kappa shape index (κ2) is 6.90. The van der Waals surface area contributed by atoms with Crippen molar-refractivity contribution >= 4 is 5.91 Å². The summed E-state index contributed by atoms with van der Waals surface area (Å²) in [4.78, 5) is 12.9. The van der Waals surface area contributed by atoms with Gasteiger partial charge in [0.05, 0.1) is 18.2 Å². The number of aromatic nitrogens is 2. The van der Waals surface area contributed by atoms with Crippen molar-refractivity contribution in [2.45, 2.75) is 58.5 Å². The lowest BCUT2D eigenvalue weighted by Gasteiger charge is -2.50. The van der Waals surface area contributed by atoms with E-state index in [1.165, 1.54) is 24.8 Å². The molecule has 4 heteroatoms. The Morgan fingerprint density at radius 2 is 1.96 bits per heavy atom. The summed E-state index contributed by atoms with van der Waals surface area (Å²) in [5.41, 5.74) is 3.50. The van der Waals surface area contributed by atoms with Crippen molar-refractivity contribution in [1.29, 1.82) is 0 Å². The molecule has 2 fully saturated rings. The highest BCUT2D eigenvalue weighted by molar-refractivity contribution is 5.79. The highest BCUT2D eigenvalue weighted by atomic mass is 16.2. The van der Waals surface area contributed by atoms with Crippen LogP contribution >= 0.6 is 0 Å². The molecule has 0 saturated heterocycles. The molecule has 26 heavy (non-hydrogen) atoms. The summed E-state index contributed by atoms with van der Waals surface area (Å²) in [6, 6.07) is 13.1. The first-order valence-electron chi connectivity index (χ1n) is 9.91. The van der Waals surface area contributed by atoms with Crippen LogP contribution in [0.3, 0.4) is 0 Å². The third-order valence-corrected chi connectivity index (χ3v) is 6.43. The number of nitrogens with one attached hydrogen (secondary N) is 1. The molecule has 0 spiro atoms. The SMILES string of the molecule is Cc1cc(C)n(C[C@H](C)C(=O)N[C@@H]2[C@@H]3CCC[C@@H]3[C@H]2c2ccccc2)n1. The van der Waals surface area contributed by atoms with Crippen LogP contribution in [0.25, 0.3) is 0 Å². The van der Waals surface area contributed by atoms with Crippen LogP contribution in [0.5, 0.6) is 0 Å². The highest BCUT2D eigenvalue weighted by Gasteiger charge is 2.53. The van der Waals surface area contributed by atoms with Gasteiger partial charge in [-0.15, -0.1) is 0 Å². The van der Waals surface area contributed by atoms with E-state index in [2.05, 4.69) is 46.8 Å². The van der Waals surface area contributed by atoms with Crippen molar-refractivity contribution in [1.82, 2.24) is 15.1 Å². The van der Waals surface area contributed by atoms with Crippen molar-refractivity contribution in [2.75, 3.05) is 0 Å². The molecule has 2 aliphatic carbocycles. The predicted octanol–water partition coefficient (Wildman–Crippen LogP) is 3.83. The van der Waals surface area contributed by atoms with Crippen molar-refractivity contribution in [2.24, 2.45) is 17.8 Å². The molecule has 0 unspecified atom stereocenters. The molecule has 1 amide bonds. The van der Waals surface area contributed by atoms with E-state index in [0.717, 1.165) is 17.3 Å². The quantitative estimate of drug-likeness (QED) is 0.890. The number of rotatable bonds is 5. The van der Waals surface area contributed by atoms with Gasteiger partial charge in [0.15, 0.2) is 0 Å². The molecule has 1 aromatic heterocycles. The zero-order valence-electron chi connectivity index (χ0n) is 16.0. The third kappa shape index (κ3) is 3.06. The first-order chi connectivity index (χ1) is 12.5. The summed E-state index contributed by atoms with van der Waals surface area (Å²) in [5, 5.41) is 7.90. The van der Waals surface area contributed by atoms with Gasteiger partial charge in [0.25, 0.3) is 0 Å². The lowest BCUT2D eigenvalue weighted by molar-refractivity contribution is -0.127. The average molecular weight is 351 g/mol. The number of benzene rings is 1. The number of amides is 1. The first-order valence-corrected chi connectivity index (χ1v) is 9.91. The number of hydrogen-bond acceptors (Lipinski definition) is 2. The van der Waals surface area contributed by atoms with Crippen LogP contribution in [0, 0.1) is 31.6 Å². The Balaban J connectivity index is 1.45. The van der Waals surface area contributed by atoms with E-state index < -0.39 is 0 Å². The fourth-order valence-electron chi connectivity index (χ4n) is 5.13. The van der Waals surface area contributed by atoms with Gasteiger partial charge in [0.1, 0.15) is 0 Å². The lowest BCUT2D eigenvalue weighted by Crippen LogP contribution is -2.57. The Kier molecular flexibility index (Phi) is 4.60. The van der Waals surface area contributed by atoms with E-state index >= 15 is 0 Å². The minimum absolute atomic E-state index is 0.0788. The normalized spacial score (nSPS) is 28.3. The molecule has 138 valence electrons. The molecular formula is C22H29N3O. The van der Waals surface area contributed by atoms with Gasteiger partial charge in [-0.05, 0) is 50.2 Å². The molecular weight excluding hydrogens is 322 g/mol. The Bertz CT molecular complexity index is 782. The molecule has 5 atom stereocenters. The van der Waals surface area contributed by atoms with Gasteiger partial charge in [-0.1, -0.05) is 43.7 Å². The molecule has 0 bridgehead atoms. The molecule has 1 heterocycles. The number of carbonyl (C=O) groups excluding carboxylic acids is 1. The summed E-state index contributed by atoms with van der Waals surface area (Å²) >= 11 is 0. The van der Waals surface area contributed by atoms with Gasteiger partial charge >= 0.3 is 0 Å². The summed E-state index contributed by atoms with van der Waals surface area (Å²) < 4.78 is 1.95. The number of fused-ring (bicyclic) bond motifs is 1. The smallest absolute Gasteiger partial charge is 0.224 e. The van der Waals surface area contributed by atoms with E-state index in [1.54, 1.807) is 0 Å². The molecule has 2 aliphatic rings. The zero-order chi connectivity index (χ0) is 18.3. The predicted molar refractivity (Wildman–Crippen MR) is 103 cm³/mol. The van der Waals surface area contributed by atoms with Gasteiger partial charge in [-0.25, -0.2) is 0 Å². The maximum atomic E-state index is 12.9. The van der Waals surface area contributed by atoms with Gasteiger partial charge < -0.3 is 5.32 Å². The molecule has 1 N–H and O–H groups in total. The lowest BCUT2D eigenvalue weighted by atomic mass is 9.59. The molecule has 2 saturated carbocycles. The number of nitrogens with zero attached hydrogens (tertiary/aromatic N) is 2. The summed E-state index contributed by atoms with van der Waals surface area (Å²) in [7, 11) is 0. The zero-order valence-corrected chi connectivity index (χ0v) is 16.0. The van der Waals surface area contributed by atoms with Crippen LogP contribution in [-0.4, -0.2) is 21.7 Å². The summed E-state index contributed by atoms with van der Waals surface area (Å²) in [6.07, 6.45) is 3.86. The third-order valence-electron chi connectivity index (χ3n) is 6.43. The van der Waals surface area contributed by atoms with E-state index in [0.29, 0.717) is 24.4 Å². The Morgan fingerprint density at radius 1 is 1.23 bits per heavy atom. The van der Waals surface area contributed by atoms with E-state index in [-0.39, 0.29) is 11.8 Å². The minimum atomic E-state index is -0.0788. The maximum Gasteiger partial charge on any atom is 0.224 e. The monoisotopic (exact) mass is 351 g/mol. The van der Waals surface area contributed by atoms with E-state index in [4.69, 9.17) is 0 Å². The second-order valence-electron chi connectivity index (χ2n) is 8.24. The van der Waals surface area contributed by atoms with Crippen LogP contribution in [-0.2, 0) is 11.3 Å². The van der Waals surface area contributed by atoms with Crippen LogP contribution in [0.4, 0.5) is 0 Å². The topological polar surface area (TPSA) is 46.9 Å².